The number of anilines is 3. The number of aromatic nitrogens is 9. The summed E-state index contributed by atoms with van der Waals surface area (Å²) < 4.78 is 44.7. The van der Waals surface area contributed by atoms with Crippen LogP contribution < -0.4 is 16.0 Å². The summed E-state index contributed by atoms with van der Waals surface area (Å²) in [6.07, 6.45) is 5.34. The third-order valence-electron chi connectivity index (χ3n) is 14.1. The maximum absolute atomic E-state index is 13.1. The van der Waals surface area contributed by atoms with Crippen LogP contribution in [0.25, 0.3) is 33.5 Å². The van der Waals surface area contributed by atoms with E-state index in [9.17, 15) is 42.9 Å². The van der Waals surface area contributed by atoms with Crippen LogP contribution in [0.3, 0.4) is 0 Å². The molecule has 18 nitrogen and oxygen atoms in total. The van der Waals surface area contributed by atoms with Gasteiger partial charge < -0.3 is 15.3 Å². The van der Waals surface area contributed by atoms with E-state index in [0.717, 1.165) is 63.9 Å². The molecule has 3 fully saturated rings. The average Bonchev–Trinajstić information content (AvgIpc) is 3.88. The van der Waals surface area contributed by atoms with E-state index in [0.29, 0.717) is 62.9 Å². The molecular weight excluding hydrogens is 993 g/mol. The molecule has 6 N–H and O–H groups in total. The first-order valence-corrected chi connectivity index (χ1v) is 25.6. The molecule has 3 aliphatic carbocycles. The summed E-state index contributed by atoms with van der Waals surface area (Å²) in [7, 11) is 0. The standard InChI is InChI=1S/C18H23F3N4O2.C17H23ClN4O2.C15H19ClN4O2/c1-4-11(17(2,3)27)15(26)24-16-22-12-8-9-13(18(19,20)21)23-14(12)25(16)10-6-5-7-10;1-4-17(3,24)10(2)15(23)21-16-19-12-8-9-13(18)20-14(12)22(16)11-6-5-7-11;1-15(2,22)8-12(21)19-14-17-10-6-7-11(16)18-13(10)20(14)9-4-3-5-9/h8-11,27H,4-7H2,1-3H3,(H,22,24,26);8-11,24H,4-7H2,1-3H3,(H,19,21,23);6-7,9,22H,3-5,8H2,1-2H3,(H,17,19,21)/t11-;10-,17+;/m11./s1. The van der Waals surface area contributed by atoms with Gasteiger partial charge in [0.1, 0.15) is 32.6 Å². The van der Waals surface area contributed by atoms with Crippen molar-refractivity contribution in [1.82, 2.24) is 43.6 Å². The third-order valence-corrected chi connectivity index (χ3v) is 14.5. The van der Waals surface area contributed by atoms with Gasteiger partial charge in [0.15, 0.2) is 16.9 Å². The van der Waals surface area contributed by atoms with Gasteiger partial charge in [-0.3, -0.25) is 44.0 Å². The zero-order chi connectivity index (χ0) is 53.4. The van der Waals surface area contributed by atoms with Crippen molar-refractivity contribution in [3.63, 3.8) is 0 Å². The van der Waals surface area contributed by atoms with Crippen molar-refractivity contribution >= 4 is 92.3 Å². The van der Waals surface area contributed by atoms with Crippen LogP contribution in [-0.2, 0) is 20.6 Å². The van der Waals surface area contributed by atoms with E-state index >= 15 is 0 Å². The second kappa shape index (κ2) is 21.8. The van der Waals surface area contributed by atoms with Gasteiger partial charge in [0.05, 0.1) is 35.1 Å². The smallest absolute Gasteiger partial charge is 0.390 e. The number of imidazole rings is 3. The van der Waals surface area contributed by atoms with E-state index in [4.69, 9.17) is 23.2 Å². The Kier molecular flexibility index (Phi) is 16.5. The number of nitrogens with zero attached hydrogens (tertiary/aromatic N) is 9. The molecule has 23 heteroatoms. The number of pyridine rings is 3. The first-order valence-electron chi connectivity index (χ1n) is 24.8. The highest BCUT2D eigenvalue weighted by Gasteiger charge is 2.37. The summed E-state index contributed by atoms with van der Waals surface area (Å²) in [5.74, 6) is -1.03. The monoisotopic (exact) mass is 1060 g/mol. The molecule has 6 aromatic rings. The second-order valence-electron chi connectivity index (χ2n) is 20.7. The van der Waals surface area contributed by atoms with Gasteiger partial charge in [-0.2, -0.15) is 13.2 Å². The van der Waals surface area contributed by atoms with Crippen LogP contribution >= 0.6 is 23.2 Å². The lowest BCUT2D eigenvalue weighted by molar-refractivity contribution is -0.141. The summed E-state index contributed by atoms with van der Waals surface area (Å²) >= 11 is 12.0. The first kappa shape index (κ1) is 55.3. The van der Waals surface area contributed by atoms with Crippen LogP contribution in [0.15, 0.2) is 36.4 Å². The molecule has 73 heavy (non-hydrogen) atoms. The summed E-state index contributed by atoms with van der Waals surface area (Å²) in [6, 6.07) is 9.64. The second-order valence-corrected chi connectivity index (χ2v) is 21.5. The van der Waals surface area contributed by atoms with Crippen molar-refractivity contribution in [1.29, 1.82) is 0 Å². The molecule has 0 spiro atoms. The lowest BCUT2D eigenvalue weighted by atomic mass is 9.88. The number of carbonyl (C=O) groups excluding carboxylic acids is 3. The highest BCUT2D eigenvalue weighted by atomic mass is 35.5. The number of nitrogens with one attached hydrogen (secondary N) is 3. The fraction of sp³-hybridized carbons (Fsp3) is 0.580. The number of carbonyl (C=O) groups is 3. The lowest BCUT2D eigenvalue weighted by Crippen LogP contribution is -2.40. The number of alkyl halides is 3. The molecule has 0 aliphatic heterocycles. The molecule has 0 unspecified atom stereocenters. The Balaban J connectivity index is 0.000000161. The molecule has 0 radical (unpaired) electrons. The quantitative estimate of drug-likeness (QED) is 0.0559. The molecule has 0 saturated heterocycles. The molecule has 6 heterocycles. The van der Waals surface area contributed by atoms with E-state index in [1.165, 1.54) is 6.07 Å². The Morgan fingerprint density at radius 3 is 1.38 bits per heavy atom. The molecule has 0 bridgehead atoms. The van der Waals surface area contributed by atoms with Gasteiger partial charge in [0, 0.05) is 18.1 Å². The first-order chi connectivity index (χ1) is 34.2. The Hall–Kier alpha value is -5.48. The molecule has 3 saturated carbocycles. The molecule has 0 aromatic carbocycles. The Morgan fingerprint density at radius 1 is 0.630 bits per heavy atom. The fourth-order valence-electron chi connectivity index (χ4n) is 8.84. The summed E-state index contributed by atoms with van der Waals surface area (Å²) in [5.41, 5.74) is -1.13. The zero-order valence-electron chi connectivity index (χ0n) is 42.3. The Bertz CT molecular complexity index is 2970. The van der Waals surface area contributed by atoms with Crippen LogP contribution in [-0.4, -0.2) is 93.4 Å². The van der Waals surface area contributed by atoms with Crippen molar-refractivity contribution in [2.24, 2.45) is 11.8 Å². The Morgan fingerprint density at radius 2 is 1.03 bits per heavy atom. The van der Waals surface area contributed by atoms with Crippen LogP contribution in [0.2, 0.25) is 10.3 Å². The minimum atomic E-state index is -4.56. The van der Waals surface area contributed by atoms with Crippen LogP contribution in [0.1, 0.15) is 156 Å². The highest BCUT2D eigenvalue weighted by Crippen LogP contribution is 2.40. The highest BCUT2D eigenvalue weighted by molar-refractivity contribution is 6.30. The van der Waals surface area contributed by atoms with E-state index in [-0.39, 0.29) is 48.0 Å². The van der Waals surface area contributed by atoms with Crippen molar-refractivity contribution in [2.75, 3.05) is 16.0 Å². The van der Waals surface area contributed by atoms with Gasteiger partial charge in [0.2, 0.25) is 35.6 Å². The maximum Gasteiger partial charge on any atom is 0.433 e. The van der Waals surface area contributed by atoms with Crippen molar-refractivity contribution in [3.05, 3.63) is 52.4 Å². The Labute approximate surface area is 430 Å². The average molecular weight is 1060 g/mol. The molecule has 396 valence electrons. The summed E-state index contributed by atoms with van der Waals surface area (Å²) in [4.78, 5) is 63.1. The van der Waals surface area contributed by atoms with E-state index in [2.05, 4.69) is 45.9 Å². The van der Waals surface area contributed by atoms with Gasteiger partial charge in [0.25, 0.3) is 0 Å². The number of halogens is 5. The number of rotatable bonds is 14. The number of aliphatic hydroxyl groups is 3. The largest absolute Gasteiger partial charge is 0.433 e. The van der Waals surface area contributed by atoms with Crippen LogP contribution in [0.5, 0.6) is 0 Å². The van der Waals surface area contributed by atoms with Gasteiger partial charge in [-0.25, -0.2) is 29.9 Å². The van der Waals surface area contributed by atoms with Crippen molar-refractivity contribution in [3.8, 4) is 0 Å². The minimum absolute atomic E-state index is 0.00898. The summed E-state index contributed by atoms with van der Waals surface area (Å²) in [6.45, 7) is 13.3. The van der Waals surface area contributed by atoms with Crippen LogP contribution in [0.4, 0.5) is 31.0 Å². The van der Waals surface area contributed by atoms with Crippen molar-refractivity contribution < 1.29 is 42.9 Å². The van der Waals surface area contributed by atoms with E-state index in [1.807, 2.05) is 16.1 Å². The molecule has 3 atom stereocenters. The van der Waals surface area contributed by atoms with Gasteiger partial charge >= 0.3 is 6.18 Å². The van der Waals surface area contributed by atoms with Gasteiger partial charge in [-0.1, -0.05) is 44.0 Å². The fourth-order valence-corrected chi connectivity index (χ4v) is 9.13. The number of fused-ring (bicyclic) bond motifs is 3. The molecule has 3 amide bonds. The zero-order valence-corrected chi connectivity index (χ0v) is 43.8. The van der Waals surface area contributed by atoms with E-state index in [1.54, 1.807) is 77.3 Å². The normalized spacial score (nSPS) is 17.3. The maximum atomic E-state index is 13.1. The van der Waals surface area contributed by atoms with Gasteiger partial charge in [-0.05, 0) is 142 Å². The lowest BCUT2D eigenvalue weighted by Gasteiger charge is -2.30. The summed E-state index contributed by atoms with van der Waals surface area (Å²) in [5, 5.41) is 39.5. The molecular formula is C50H65Cl2F3N12O6. The van der Waals surface area contributed by atoms with Crippen LogP contribution in [0, 0.1) is 11.8 Å². The number of hydrogen-bond acceptors (Lipinski definition) is 12. The number of amides is 3. The molecule has 6 aromatic heterocycles. The number of hydrogen-bond donors (Lipinski definition) is 6. The van der Waals surface area contributed by atoms with Crippen molar-refractivity contribution in [2.45, 2.75) is 174 Å². The predicted molar refractivity (Wildman–Crippen MR) is 273 cm³/mol. The SMILES string of the molecule is CC(C)(O)CC(=O)Nc1nc2ccc(Cl)nc2n1C1CCC1.CC[C@H](C(=O)Nc1nc2ccc(C(F)(F)F)nc2n1C1CCC1)C(C)(C)O.CC[C@](C)(O)[C@H](C)C(=O)Nc1nc2ccc(Cl)nc2n1C1CCC1. The third kappa shape index (κ3) is 12.7. The van der Waals surface area contributed by atoms with E-state index < -0.39 is 46.4 Å². The predicted octanol–water partition coefficient (Wildman–Crippen LogP) is 10.4. The minimum Gasteiger partial charge on any atom is -0.390 e. The molecule has 3 aliphatic rings. The molecule has 9 rings (SSSR count). The topological polar surface area (TPSA) is 240 Å². The van der Waals surface area contributed by atoms with Gasteiger partial charge in [-0.15, -0.1) is 0 Å².